The van der Waals surface area contributed by atoms with Gasteiger partial charge in [0, 0.05) is 26.3 Å². The first-order chi connectivity index (χ1) is 30.0. The van der Waals surface area contributed by atoms with Crippen LogP contribution in [-0.2, 0) is 52.7 Å². The van der Waals surface area contributed by atoms with Gasteiger partial charge in [-0.05, 0) is 70.3 Å². The number of hydrogen-bond acceptors (Lipinski definition) is 13. The molecular weight excluding hydrogens is 843 g/mol. The van der Waals surface area contributed by atoms with Gasteiger partial charge in [-0.3, -0.25) is 52.7 Å². The second-order valence-electron chi connectivity index (χ2n) is 16.2. The molecule has 0 unspecified atom stereocenters. The van der Waals surface area contributed by atoms with Gasteiger partial charge in [0.1, 0.15) is 42.3 Å². The van der Waals surface area contributed by atoms with Crippen LogP contribution in [0.5, 0.6) is 0 Å². The Morgan fingerprint density at radius 1 is 0.781 bits per heavy atom. The molecule has 24 heteroatoms. The molecule has 9 atom stereocenters. The topological polar surface area (TPSA) is 389 Å². The lowest BCUT2D eigenvalue weighted by atomic mass is 9.97. The number of hydrogen-bond donors (Lipinski definition) is 13. The number of aliphatic hydroxyl groups excluding tert-OH is 1. The molecule has 15 N–H and O–H groups in total. The lowest BCUT2D eigenvalue weighted by Crippen LogP contribution is -2.61. The molecule has 0 bridgehead atoms. The van der Waals surface area contributed by atoms with Crippen LogP contribution in [0.3, 0.4) is 0 Å². The van der Waals surface area contributed by atoms with E-state index in [1.807, 2.05) is 0 Å². The summed E-state index contributed by atoms with van der Waals surface area (Å²) in [5, 5.41) is 42.1. The summed E-state index contributed by atoms with van der Waals surface area (Å²) in [6.07, 6.45) is -1.98. The minimum atomic E-state index is -1.66. The smallest absolute Gasteiger partial charge is 0.303 e. The summed E-state index contributed by atoms with van der Waals surface area (Å²) in [5.41, 5.74) is 11.0. The van der Waals surface area contributed by atoms with Gasteiger partial charge in [-0.1, -0.05) is 34.1 Å². The van der Waals surface area contributed by atoms with Crippen molar-refractivity contribution in [3.63, 3.8) is 0 Å². The van der Waals surface area contributed by atoms with E-state index in [2.05, 4.69) is 47.9 Å². The third kappa shape index (κ3) is 20.5. The Morgan fingerprint density at radius 3 is 2.02 bits per heavy atom. The van der Waals surface area contributed by atoms with Crippen molar-refractivity contribution in [3.05, 3.63) is 0 Å². The van der Waals surface area contributed by atoms with E-state index in [9.17, 15) is 57.8 Å². The Labute approximate surface area is 372 Å². The largest absolute Gasteiger partial charge is 0.481 e. The Kier molecular flexibility index (Phi) is 25.2. The molecule has 1 aliphatic rings. The van der Waals surface area contributed by atoms with Gasteiger partial charge in [0.25, 0.3) is 0 Å². The monoisotopic (exact) mass is 912 g/mol. The molecule has 1 aliphatic heterocycles. The molecular formula is C40H69N11O13. The van der Waals surface area contributed by atoms with Crippen LogP contribution in [0.4, 0.5) is 0 Å². The van der Waals surface area contributed by atoms with Crippen LogP contribution in [0.25, 0.3) is 0 Å². The molecule has 362 valence electrons. The highest BCUT2D eigenvalue weighted by Gasteiger charge is 2.35. The first kappa shape index (κ1) is 56.1. The predicted octanol–water partition coefficient (Wildman–Crippen LogP) is -4.23. The fraction of sp³-hybridized carbons (Fsp3) is 0.725. The van der Waals surface area contributed by atoms with E-state index in [0.29, 0.717) is 19.3 Å². The lowest BCUT2D eigenvalue weighted by Gasteiger charge is -2.28. The Balaban J connectivity index is 3.57. The molecule has 1 rings (SSSR count). The summed E-state index contributed by atoms with van der Waals surface area (Å²) in [4.78, 5) is 143. The molecule has 0 aromatic rings. The van der Waals surface area contributed by atoms with Gasteiger partial charge in [-0.25, -0.2) is 0 Å². The van der Waals surface area contributed by atoms with Crippen LogP contribution in [0, 0.1) is 11.8 Å². The number of carbonyl (C=O) groups excluding carboxylic acids is 10. The third-order valence-corrected chi connectivity index (χ3v) is 10.4. The quantitative estimate of drug-likeness (QED) is 0.0547. The number of aliphatic carboxylic acids is 1. The fourth-order valence-electron chi connectivity index (χ4n) is 6.43. The van der Waals surface area contributed by atoms with Gasteiger partial charge in [0.2, 0.25) is 59.1 Å². The SMILES string of the molecule is CC[C@H](C)[C@@H]1NC(=O)CNC(=O)[C@H]([C@@H](C)O)NC(=O)[C@@H](NC(=O)[C@H](CCCCN)NC(=O)[C@@H](NC(C)=O)C(C)C)CCCNC(=O)CC[C@@H](C(=O)N[C@@H](CCC(=O)O)C(N)=O)NC1=O. The number of nitrogens with two attached hydrogens (primary N) is 2. The van der Waals surface area contributed by atoms with E-state index in [-0.39, 0.29) is 57.5 Å². The van der Waals surface area contributed by atoms with E-state index < -0.39 is 132 Å². The number of nitrogens with one attached hydrogen (secondary N) is 9. The van der Waals surface area contributed by atoms with Crippen molar-refractivity contribution in [2.75, 3.05) is 19.6 Å². The molecule has 0 spiro atoms. The summed E-state index contributed by atoms with van der Waals surface area (Å²) in [5.74, 6) is -10.5. The lowest BCUT2D eigenvalue weighted by molar-refractivity contribution is -0.138. The zero-order chi connectivity index (χ0) is 48.7. The zero-order valence-electron chi connectivity index (χ0n) is 37.5. The third-order valence-electron chi connectivity index (χ3n) is 10.4. The Morgan fingerprint density at radius 2 is 1.45 bits per heavy atom. The van der Waals surface area contributed by atoms with Crippen LogP contribution in [-0.4, -0.2) is 143 Å². The normalized spacial score (nSPS) is 22.0. The first-order valence-corrected chi connectivity index (χ1v) is 21.5. The number of unbranched alkanes of at least 4 members (excludes halogenated alkanes) is 1. The average Bonchev–Trinajstić information content (AvgIpc) is 3.22. The van der Waals surface area contributed by atoms with Crippen LogP contribution >= 0.6 is 0 Å². The Hall–Kier alpha value is -5.91. The molecule has 0 aliphatic carbocycles. The predicted molar refractivity (Wildman–Crippen MR) is 229 cm³/mol. The van der Waals surface area contributed by atoms with Gasteiger partial charge >= 0.3 is 5.97 Å². The number of rotatable bonds is 19. The summed E-state index contributed by atoms with van der Waals surface area (Å²) in [7, 11) is 0. The van der Waals surface area contributed by atoms with Crippen molar-refractivity contribution in [3.8, 4) is 0 Å². The van der Waals surface area contributed by atoms with E-state index in [4.69, 9.17) is 16.6 Å². The van der Waals surface area contributed by atoms with Gasteiger partial charge in [0.15, 0.2) is 0 Å². The van der Waals surface area contributed by atoms with Crippen molar-refractivity contribution >= 4 is 65.0 Å². The van der Waals surface area contributed by atoms with Gasteiger partial charge in [-0.15, -0.1) is 0 Å². The minimum absolute atomic E-state index is 0.0269. The van der Waals surface area contributed by atoms with E-state index in [1.165, 1.54) is 13.8 Å². The maximum absolute atomic E-state index is 13.9. The Bertz CT molecular complexity index is 1660. The van der Waals surface area contributed by atoms with E-state index in [1.54, 1.807) is 27.7 Å². The van der Waals surface area contributed by atoms with Crippen molar-refractivity contribution in [2.24, 2.45) is 23.3 Å². The summed E-state index contributed by atoms with van der Waals surface area (Å²) < 4.78 is 0. The molecule has 0 aromatic heterocycles. The molecule has 10 amide bonds. The van der Waals surface area contributed by atoms with Crippen molar-refractivity contribution in [1.82, 2.24) is 47.9 Å². The van der Waals surface area contributed by atoms with E-state index >= 15 is 0 Å². The zero-order valence-corrected chi connectivity index (χ0v) is 37.5. The van der Waals surface area contributed by atoms with Crippen LogP contribution in [0.1, 0.15) is 106 Å². The number of carboxylic acids is 1. The summed E-state index contributed by atoms with van der Waals surface area (Å²) in [6.45, 7) is 8.63. The number of primary amides is 1. The average molecular weight is 912 g/mol. The molecule has 1 saturated heterocycles. The molecule has 0 aromatic carbocycles. The van der Waals surface area contributed by atoms with Gasteiger partial charge in [0.05, 0.1) is 12.6 Å². The number of amides is 10. The van der Waals surface area contributed by atoms with Gasteiger partial charge in [-0.2, -0.15) is 0 Å². The molecule has 0 radical (unpaired) electrons. The van der Waals surface area contributed by atoms with Crippen molar-refractivity contribution < 1.29 is 63.0 Å². The fourth-order valence-corrected chi connectivity index (χ4v) is 6.43. The highest BCUT2D eigenvalue weighted by molar-refractivity contribution is 5.97. The highest BCUT2D eigenvalue weighted by Crippen LogP contribution is 2.12. The summed E-state index contributed by atoms with van der Waals surface area (Å²) >= 11 is 0. The molecule has 1 fully saturated rings. The standard InChI is InChI=1S/C40H69N11O13/c1-7-21(4)32-40(64)49-27(36(60)46-24(34(42)58)14-16-30(56)57)13-15-28(54)43-18-10-12-26(37(61)51-33(22(5)52)38(62)44-19-29(55)50-32)47-35(59)25(11-8-9-17-41)48-39(63)31(20(2)3)45-23(6)53/h20-22,24-27,31-33,52H,7-19,41H2,1-6H3,(H2,42,58)(H,43,54)(H,44,62)(H,45,53)(H,46,60)(H,47,59)(H,48,63)(H,49,64)(H,50,55)(H,51,61)(H,56,57)/t21-,22+,24-,25-,26-,27-,31-,32-,33-/m0/s1. The molecule has 0 saturated carbocycles. The first-order valence-electron chi connectivity index (χ1n) is 21.5. The number of carbonyl (C=O) groups is 11. The molecule has 64 heavy (non-hydrogen) atoms. The van der Waals surface area contributed by atoms with Crippen molar-refractivity contribution in [2.45, 2.75) is 154 Å². The number of aliphatic hydroxyl groups is 1. The van der Waals surface area contributed by atoms with Crippen LogP contribution < -0.4 is 59.3 Å². The maximum Gasteiger partial charge on any atom is 0.303 e. The second-order valence-corrected chi connectivity index (χ2v) is 16.2. The molecule has 24 nitrogen and oxygen atoms in total. The molecule has 1 heterocycles. The van der Waals surface area contributed by atoms with Crippen molar-refractivity contribution in [1.29, 1.82) is 0 Å². The highest BCUT2D eigenvalue weighted by atomic mass is 16.4. The van der Waals surface area contributed by atoms with Gasteiger partial charge < -0.3 is 69.5 Å². The second kappa shape index (κ2) is 28.7. The minimum Gasteiger partial charge on any atom is -0.481 e. The van der Waals surface area contributed by atoms with Crippen LogP contribution in [0.2, 0.25) is 0 Å². The maximum atomic E-state index is 13.9. The number of carboxylic acid groups (broad SMARTS) is 1. The van der Waals surface area contributed by atoms with Crippen LogP contribution in [0.15, 0.2) is 0 Å². The summed E-state index contributed by atoms with van der Waals surface area (Å²) in [6, 6.07) is -9.54. The van der Waals surface area contributed by atoms with E-state index in [0.717, 1.165) is 0 Å².